The monoisotopic (exact) mass is 237 g/mol. The Bertz CT molecular complexity index is 482. The SMILES string of the molecule is Cc1csc2nc(C3CNCCCO3)cn12. The van der Waals surface area contributed by atoms with Crippen molar-refractivity contribution in [3.63, 3.8) is 0 Å². The van der Waals surface area contributed by atoms with Crippen molar-refractivity contribution in [3.05, 3.63) is 23.0 Å². The number of nitrogens with zero attached hydrogens (tertiary/aromatic N) is 2. The van der Waals surface area contributed by atoms with Crippen LogP contribution in [0, 0.1) is 6.92 Å². The zero-order valence-corrected chi connectivity index (χ0v) is 10.1. The van der Waals surface area contributed by atoms with Gasteiger partial charge in [-0.15, -0.1) is 11.3 Å². The lowest BCUT2D eigenvalue weighted by atomic mass is 10.3. The molecule has 1 aliphatic rings. The Kier molecular flexibility index (Phi) is 2.67. The zero-order valence-electron chi connectivity index (χ0n) is 9.27. The molecule has 0 radical (unpaired) electrons. The molecular weight excluding hydrogens is 222 g/mol. The van der Waals surface area contributed by atoms with Crippen LogP contribution in [0.3, 0.4) is 0 Å². The molecule has 2 aromatic heterocycles. The Balaban J connectivity index is 1.92. The molecule has 3 heterocycles. The van der Waals surface area contributed by atoms with Crippen LogP contribution >= 0.6 is 11.3 Å². The van der Waals surface area contributed by atoms with Gasteiger partial charge in [0.25, 0.3) is 0 Å². The van der Waals surface area contributed by atoms with Crippen molar-refractivity contribution < 1.29 is 4.74 Å². The minimum absolute atomic E-state index is 0.106. The van der Waals surface area contributed by atoms with E-state index in [-0.39, 0.29) is 6.10 Å². The molecule has 16 heavy (non-hydrogen) atoms. The van der Waals surface area contributed by atoms with Crippen LogP contribution in [0.25, 0.3) is 4.96 Å². The van der Waals surface area contributed by atoms with Gasteiger partial charge >= 0.3 is 0 Å². The van der Waals surface area contributed by atoms with Gasteiger partial charge in [0, 0.05) is 30.4 Å². The van der Waals surface area contributed by atoms with Crippen LogP contribution in [0.2, 0.25) is 0 Å². The minimum atomic E-state index is 0.106. The predicted octanol–water partition coefficient (Wildman–Crippen LogP) is 1.76. The van der Waals surface area contributed by atoms with Crippen molar-refractivity contribution in [3.8, 4) is 0 Å². The average Bonchev–Trinajstić information content (AvgIpc) is 2.72. The average molecular weight is 237 g/mol. The first kappa shape index (κ1) is 10.3. The van der Waals surface area contributed by atoms with Gasteiger partial charge < -0.3 is 10.1 Å². The second-order valence-electron chi connectivity index (χ2n) is 4.11. The van der Waals surface area contributed by atoms with Crippen LogP contribution in [0.4, 0.5) is 0 Å². The molecule has 1 unspecified atom stereocenters. The molecule has 1 fully saturated rings. The van der Waals surface area contributed by atoms with E-state index in [1.54, 1.807) is 11.3 Å². The maximum absolute atomic E-state index is 5.79. The summed E-state index contributed by atoms with van der Waals surface area (Å²) in [7, 11) is 0. The van der Waals surface area contributed by atoms with Gasteiger partial charge in [0.1, 0.15) is 6.10 Å². The third-order valence-electron chi connectivity index (χ3n) is 2.88. The molecule has 1 N–H and O–H groups in total. The quantitative estimate of drug-likeness (QED) is 0.821. The fourth-order valence-corrected chi connectivity index (χ4v) is 2.83. The van der Waals surface area contributed by atoms with E-state index in [1.165, 1.54) is 5.69 Å². The molecular formula is C11H15N3OS. The molecule has 1 aliphatic heterocycles. The Morgan fingerprint density at radius 3 is 3.44 bits per heavy atom. The van der Waals surface area contributed by atoms with E-state index in [0.717, 1.165) is 36.8 Å². The highest BCUT2D eigenvalue weighted by molar-refractivity contribution is 7.15. The van der Waals surface area contributed by atoms with Crippen LogP contribution in [0.15, 0.2) is 11.6 Å². The third-order valence-corrected chi connectivity index (χ3v) is 3.84. The number of fused-ring (bicyclic) bond motifs is 1. The van der Waals surface area contributed by atoms with E-state index in [9.17, 15) is 0 Å². The molecule has 2 aromatic rings. The van der Waals surface area contributed by atoms with Gasteiger partial charge in [-0.25, -0.2) is 4.98 Å². The van der Waals surface area contributed by atoms with Gasteiger partial charge in [0.05, 0.1) is 5.69 Å². The number of rotatable bonds is 1. The maximum Gasteiger partial charge on any atom is 0.194 e. The van der Waals surface area contributed by atoms with Crippen LogP contribution in [-0.4, -0.2) is 29.1 Å². The number of aromatic nitrogens is 2. The van der Waals surface area contributed by atoms with Gasteiger partial charge in [-0.1, -0.05) is 0 Å². The van der Waals surface area contributed by atoms with E-state index < -0.39 is 0 Å². The minimum Gasteiger partial charge on any atom is -0.370 e. The molecule has 0 saturated carbocycles. The molecule has 4 nitrogen and oxygen atoms in total. The summed E-state index contributed by atoms with van der Waals surface area (Å²) in [6.45, 7) is 4.82. The summed E-state index contributed by atoms with van der Waals surface area (Å²) in [6.07, 6.45) is 3.28. The van der Waals surface area contributed by atoms with Crippen molar-refractivity contribution in [2.75, 3.05) is 19.7 Å². The summed E-state index contributed by atoms with van der Waals surface area (Å²) in [6, 6.07) is 0. The van der Waals surface area contributed by atoms with E-state index >= 15 is 0 Å². The van der Waals surface area contributed by atoms with Gasteiger partial charge in [-0.05, 0) is 19.9 Å². The Morgan fingerprint density at radius 1 is 1.62 bits per heavy atom. The van der Waals surface area contributed by atoms with E-state index in [1.807, 2.05) is 0 Å². The molecule has 0 aromatic carbocycles. The lowest BCUT2D eigenvalue weighted by Crippen LogP contribution is -2.20. The van der Waals surface area contributed by atoms with Crippen LogP contribution in [0.5, 0.6) is 0 Å². The molecule has 5 heteroatoms. The van der Waals surface area contributed by atoms with Crippen molar-refractivity contribution in [1.82, 2.24) is 14.7 Å². The van der Waals surface area contributed by atoms with E-state index in [0.29, 0.717) is 0 Å². The smallest absolute Gasteiger partial charge is 0.194 e. The predicted molar refractivity (Wildman–Crippen MR) is 64.0 cm³/mol. The second-order valence-corrected chi connectivity index (χ2v) is 4.95. The van der Waals surface area contributed by atoms with E-state index in [2.05, 4.69) is 33.2 Å². The Hall–Kier alpha value is -0.910. The highest BCUT2D eigenvalue weighted by Gasteiger charge is 2.18. The molecule has 1 atom stereocenters. The van der Waals surface area contributed by atoms with E-state index in [4.69, 9.17) is 4.74 Å². The van der Waals surface area contributed by atoms with Gasteiger partial charge in [0.2, 0.25) is 0 Å². The summed E-state index contributed by atoms with van der Waals surface area (Å²) in [5.74, 6) is 0. The highest BCUT2D eigenvalue weighted by atomic mass is 32.1. The Morgan fingerprint density at radius 2 is 2.56 bits per heavy atom. The first-order valence-corrected chi connectivity index (χ1v) is 6.48. The largest absolute Gasteiger partial charge is 0.370 e. The second kappa shape index (κ2) is 4.16. The molecule has 86 valence electrons. The molecule has 0 bridgehead atoms. The molecule has 3 rings (SSSR count). The van der Waals surface area contributed by atoms with Crippen LogP contribution in [-0.2, 0) is 4.74 Å². The van der Waals surface area contributed by atoms with Gasteiger partial charge in [-0.3, -0.25) is 4.40 Å². The Labute approximate surface area is 98.3 Å². The number of hydrogen-bond donors (Lipinski definition) is 1. The highest BCUT2D eigenvalue weighted by Crippen LogP contribution is 2.22. The fraction of sp³-hybridized carbons (Fsp3) is 0.545. The lowest BCUT2D eigenvalue weighted by molar-refractivity contribution is 0.0643. The third kappa shape index (κ3) is 1.75. The maximum atomic E-state index is 5.79. The van der Waals surface area contributed by atoms with Crippen molar-refractivity contribution in [1.29, 1.82) is 0 Å². The fourth-order valence-electron chi connectivity index (χ4n) is 1.97. The molecule has 1 saturated heterocycles. The van der Waals surface area contributed by atoms with Crippen molar-refractivity contribution >= 4 is 16.3 Å². The molecule has 0 aliphatic carbocycles. The summed E-state index contributed by atoms with van der Waals surface area (Å²) in [4.78, 5) is 5.67. The number of imidazole rings is 1. The lowest BCUT2D eigenvalue weighted by Gasteiger charge is -2.11. The summed E-state index contributed by atoms with van der Waals surface area (Å²) in [5.41, 5.74) is 2.28. The molecule has 0 amide bonds. The topological polar surface area (TPSA) is 38.6 Å². The summed E-state index contributed by atoms with van der Waals surface area (Å²) in [5, 5.41) is 5.50. The number of ether oxygens (including phenoxy) is 1. The van der Waals surface area contributed by atoms with Crippen LogP contribution in [0.1, 0.15) is 23.9 Å². The summed E-state index contributed by atoms with van der Waals surface area (Å²) >= 11 is 1.68. The molecule has 0 spiro atoms. The van der Waals surface area contributed by atoms with Crippen LogP contribution < -0.4 is 5.32 Å². The van der Waals surface area contributed by atoms with Crippen molar-refractivity contribution in [2.24, 2.45) is 0 Å². The number of nitrogens with one attached hydrogen (secondary N) is 1. The van der Waals surface area contributed by atoms with Gasteiger partial charge in [-0.2, -0.15) is 0 Å². The zero-order chi connectivity index (χ0) is 11.0. The summed E-state index contributed by atoms with van der Waals surface area (Å²) < 4.78 is 7.93. The van der Waals surface area contributed by atoms with Crippen molar-refractivity contribution in [2.45, 2.75) is 19.4 Å². The van der Waals surface area contributed by atoms with Gasteiger partial charge in [0.15, 0.2) is 4.96 Å². The number of aryl methyl sites for hydroxylation is 1. The standard InChI is InChI=1S/C11H15N3OS/c1-8-7-16-11-13-9(6-14(8)11)10-5-12-3-2-4-15-10/h6-7,10,12H,2-5H2,1H3. The normalized spacial score (nSPS) is 22.4. The first-order chi connectivity index (χ1) is 7.84. The number of thiazole rings is 1. The number of hydrogen-bond acceptors (Lipinski definition) is 4. The first-order valence-electron chi connectivity index (χ1n) is 5.60.